The summed E-state index contributed by atoms with van der Waals surface area (Å²) >= 11 is 0. The molecule has 0 saturated heterocycles. The van der Waals surface area contributed by atoms with E-state index in [0.29, 0.717) is 44.9 Å². The first-order valence-electron chi connectivity index (χ1n) is 10.2. The second-order valence-corrected chi connectivity index (χ2v) is 7.85. The van der Waals surface area contributed by atoms with E-state index < -0.39 is 5.97 Å². The lowest BCUT2D eigenvalue weighted by Crippen LogP contribution is -2.36. The van der Waals surface area contributed by atoms with E-state index in [1.165, 1.54) is 19.3 Å². The maximum absolute atomic E-state index is 11.9. The number of carboxylic acids is 1. The first-order valence-corrected chi connectivity index (χ1v) is 10.2. The predicted molar refractivity (Wildman–Crippen MR) is 100 cm³/mol. The molecule has 0 aromatic rings. The average Bonchev–Trinajstić information content (AvgIpc) is 2.61. The van der Waals surface area contributed by atoms with Gasteiger partial charge in [-0.3, -0.25) is 0 Å². The van der Waals surface area contributed by atoms with Gasteiger partial charge in [0.2, 0.25) is 0 Å². The lowest BCUT2D eigenvalue weighted by Gasteiger charge is -2.41. The molecule has 2 aliphatic carbocycles. The van der Waals surface area contributed by atoms with Gasteiger partial charge < -0.3 is 28.8 Å². The molecule has 2 atom stereocenters. The molecule has 2 bridgehead atoms. The fourth-order valence-electron chi connectivity index (χ4n) is 4.31. The van der Waals surface area contributed by atoms with Crippen LogP contribution < -0.4 is 0 Å². The van der Waals surface area contributed by atoms with Crippen LogP contribution in [0, 0.1) is 17.8 Å². The van der Waals surface area contributed by atoms with Crippen molar-refractivity contribution >= 4 is 11.9 Å². The molecule has 2 unspecified atom stereocenters. The highest BCUT2D eigenvalue weighted by Crippen LogP contribution is 2.43. The van der Waals surface area contributed by atoms with Crippen LogP contribution in [-0.4, -0.2) is 76.0 Å². The van der Waals surface area contributed by atoms with E-state index >= 15 is 0 Å². The van der Waals surface area contributed by atoms with Crippen molar-refractivity contribution in [2.24, 2.45) is 17.8 Å². The van der Waals surface area contributed by atoms with E-state index in [9.17, 15) is 9.59 Å². The van der Waals surface area contributed by atoms with Crippen LogP contribution >= 0.6 is 0 Å². The molecular formula is C20H34O8. The molecule has 0 aromatic heterocycles. The van der Waals surface area contributed by atoms with E-state index in [0.717, 1.165) is 18.8 Å². The summed E-state index contributed by atoms with van der Waals surface area (Å²) in [5.41, 5.74) is 0. The Morgan fingerprint density at radius 1 is 0.750 bits per heavy atom. The number of fused-ring (bicyclic) bond motifs is 2. The minimum Gasteiger partial charge on any atom is -0.480 e. The summed E-state index contributed by atoms with van der Waals surface area (Å²) in [6.45, 7) is 4.01. The topological polar surface area (TPSA) is 101 Å². The van der Waals surface area contributed by atoms with Gasteiger partial charge in [0.05, 0.1) is 39.6 Å². The third-order valence-corrected chi connectivity index (χ3v) is 5.19. The standard InChI is InChI=1S/C20H34O8/c1-15-8-16-10-17(9-15)12-18(11-16)28-20(23)14-27-7-5-25-3-2-24-4-6-26-13-19(21)22/h15-18H,2-14H2,1H3,(H,21,22). The molecule has 162 valence electrons. The maximum Gasteiger partial charge on any atom is 0.332 e. The number of ether oxygens (including phenoxy) is 5. The van der Waals surface area contributed by atoms with E-state index in [-0.39, 0.29) is 31.9 Å². The molecule has 8 heteroatoms. The van der Waals surface area contributed by atoms with Crippen molar-refractivity contribution < 1.29 is 38.4 Å². The zero-order chi connectivity index (χ0) is 20.2. The summed E-state index contributed by atoms with van der Waals surface area (Å²) in [4.78, 5) is 22.2. The molecule has 0 radical (unpaired) electrons. The molecule has 2 fully saturated rings. The third-order valence-electron chi connectivity index (χ3n) is 5.19. The number of hydrogen-bond donors (Lipinski definition) is 1. The summed E-state index contributed by atoms with van der Waals surface area (Å²) in [6, 6.07) is 0. The molecule has 0 spiro atoms. The van der Waals surface area contributed by atoms with Gasteiger partial charge in [-0.2, -0.15) is 0 Å². The van der Waals surface area contributed by atoms with Gasteiger partial charge in [-0.15, -0.1) is 0 Å². The van der Waals surface area contributed by atoms with Crippen molar-refractivity contribution in [1.29, 1.82) is 0 Å². The number of carboxylic acid groups (broad SMARTS) is 1. The Kier molecular flexibility index (Phi) is 10.8. The maximum atomic E-state index is 11.9. The van der Waals surface area contributed by atoms with Gasteiger partial charge in [0.15, 0.2) is 0 Å². The molecule has 8 nitrogen and oxygen atoms in total. The lowest BCUT2D eigenvalue weighted by molar-refractivity contribution is -0.159. The largest absolute Gasteiger partial charge is 0.480 e. The van der Waals surface area contributed by atoms with Crippen LogP contribution in [0.15, 0.2) is 0 Å². The van der Waals surface area contributed by atoms with Crippen molar-refractivity contribution in [3.63, 3.8) is 0 Å². The molecule has 0 aromatic carbocycles. The van der Waals surface area contributed by atoms with Gasteiger partial charge in [0.25, 0.3) is 0 Å². The number of aliphatic carboxylic acids is 1. The first-order chi connectivity index (χ1) is 13.5. The molecule has 0 amide bonds. The molecule has 2 saturated carbocycles. The molecular weight excluding hydrogens is 368 g/mol. The number of rotatable bonds is 14. The van der Waals surface area contributed by atoms with Crippen LogP contribution in [0.5, 0.6) is 0 Å². The number of hydrogen-bond acceptors (Lipinski definition) is 7. The average molecular weight is 402 g/mol. The molecule has 0 heterocycles. The highest BCUT2D eigenvalue weighted by molar-refractivity contribution is 5.70. The number of esters is 1. The van der Waals surface area contributed by atoms with Crippen molar-refractivity contribution in [2.75, 3.05) is 52.9 Å². The molecule has 0 aliphatic heterocycles. The summed E-state index contributed by atoms with van der Waals surface area (Å²) in [6.07, 6.45) is 5.87. The van der Waals surface area contributed by atoms with Gasteiger partial charge >= 0.3 is 11.9 Å². The van der Waals surface area contributed by atoms with E-state index in [1.54, 1.807) is 0 Å². The van der Waals surface area contributed by atoms with Crippen molar-refractivity contribution in [2.45, 2.75) is 45.1 Å². The predicted octanol–water partition coefficient (Wildman–Crippen LogP) is 1.90. The number of carbonyl (C=O) groups excluding carboxylic acids is 1. The summed E-state index contributed by atoms with van der Waals surface area (Å²) in [7, 11) is 0. The SMILES string of the molecule is CC1CC2CC(C1)CC(OC(=O)COCCOCCOCCOCC(=O)O)C2. The third kappa shape index (κ3) is 9.82. The van der Waals surface area contributed by atoms with Crippen LogP contribution in [0.4, 0.5) is 0 Å². The van der Waals surface area contributed by atoms with Crippen LogP contribution in [0.1, 0.15) is 39.0 Å². The Morgan fingerprint density at radius 2 is 1.25 bits per heavy atom. The molecule has 2 aliphatic rings. The molecule has 2 rings (SSSR count). The van der Waals surface area contributed by atoms with Gasteiger partial charge in [-0.1, -0.05) is 6.92 Å². The van der Waals surface area contributed by atoms with Crippen LogP contribution in [0.2, 0.25) is 0 Å². The van der Waals surface area contributed by atoms with E-state index in [1.807, 2.05) is 0 Å². The normalized spacial score (nSPS) is 26.8. The van der Waals surface area contributed by atoms with Gasteiger partial charge in [-0.25, -0.2) is 9.59 Å². The Morgan fingerprint density at radius 3 is 1.79 bits per heavy atom. The van der Waals surface area contributed by atoms with Crippen molar-refractivity contribution in [1.82, 2.24) is 0 Å². The lowest BCUT2D eigenvalue weighted by atomic mass is 9.67. The van der Waals surface area contributed by atoms with Crippen LogP contribution in [-0.2, 0) is 33.3 Å². The first kappa shape index (κ1) is 23.1. The number of carbonyl (C=O) groups is 2. The summed E-state index contributed by atoms with van der Waals surface area (Å²) in [5, 5.41) is 8.39. The molecule has 28 heavy (non-hydrogen) atoms. The van der Waals surface area contributed by atoms with E-state index in [4.69, 9.17) is 28.8 Å². The van der Waals surface area contributed by atoms with E-state index in [2.05, 4.69) is 6.92 Å². The monoisotopic (exact) mass is 402 g/mol. The Bertz CT molecular complexity index is 451. The summed E-state index contributed by atoms with van der Waals surface area (Å²) < 4.78 is 26.3. The Hall–Kier alpha value is -1.22. The van der Waals surface area contributed by atoms with Gasteiger partial charge in [-0.05, 0) is 49.9 Å². The van der Waals surface area contributed by atoms with Gasteiger partial charge in [0, 0.05) is 0 Å². The Balaban J connectivity index is 1.38. The Labute approximate surface area is 166 Å². The fourth-order valence-corrected chi connectivity index (χ4v) is 4.31. The van der Waals surface area contributed by atoms with Crippen molar-refractivity contribution in [3.8, 4) is 0 Å². The second-order valence-electron chi connectivity index (χ2n) is 7.85. The zero-order valence-electron chi connectivity index (χ0n) is 16.8. The second kappa shape index (κ2) is 13.1. The van der Waals surface area contributed by atoms with Crippen molar-refractivity contribution in [3.05, 3.63) is 0 Å². The quantitative estimate of drug-likeness (QED) is 0.347. The zero-order valence-corrected chi connectivity index (χ0v) is 16.8. The highest BCUT2D eigenvalue weighted by Gasteiger charge is 2.36. The minimum atomic E-state index is -0.997. The minimum absolute atomic E-state index is 0.0387. The summed E-state index contributed by atoms with van der Waals surface area (Å²) in [5.74, 6) is 0.936. The van der Waals surface area contributed by atoms with Crippen LogP contribution in [0.3, 0.4) is 0 Å². The molecule has 1 N–H and O–H groups in total. The van der Waals surface area contributed by atoms with Gasteiger partial charge in [0.1, 0.15) is 19.3 Å². The fraction of sp³-hybridized carbons (Fsp3) is 0.900. The van der Waals surface area contributed by atoms with Crippen LogP contribution in [0.25, 0.3) is 0 Å². The smallest absolute Gasteiger partial charge is 0.332 e. The highest BCUT2D eigenvalue weighted by atomic mass is 16.6.